The number of esters is 1. The van der Waals surface area contributed by atoms with Crippen molar-refractivity contribution in [1.29, 1.82) is 0 Å². The first-order valence-electron chi connectivity index (χ1n) is 6.79. The lowest BCUT2D eigenvalue weighted by atomic mass is 10.0. The van der Waals surface area contributed by atoms with Crippen LogP contribution in [0.3, 0.4) is 0 Å². The van der Waals surface area contributed by atoms with E-state index >= 15 is 0 Å². The quantitative estimate of drug-likeness (QED) is 0.286. The van der Waals surface area contributed by atoms with Gasteiger partial charge in [-0.25, -0.2) is 9.59 Å². The first kappa shape index (κ1) is 15.4. The molecule has 2 aromatic carbocycles. The van der Waals surface area contributed by atoms with E-state index in [2.05, 4.69) is 9.89 Å². The monoisotopic (exact) mass is 297 g/mol. The second kappa shape index (κ2) is 7.73. The highest BCUT2D eigenvalue weighted by atomic mass is 16.7. The van der Waals surface area contributed by atoms with Crippen molar-refractivity contribution in [2.24, 2.45) is 5.16 Å². The first-order chi connectivity index (χ1) is 10.7. The van der Waals surface area contributed by atoms with Crippen molar-refractivity contribution in [2.45, 2.75) is 6.92 Å². The minimum atomic E-state index is -1.15. The highest BCUT2D eigenvalue weighted by Crippen LogP contribution is 2.11. The average molecular weight is 297 g/mol. The molecule has 0 fully saturated rings. The summed E-state index contributed by atoms with van der Waals surface area (Å²) in [6, 6.07) is 18.5. The number of nitrogens with zero attached hydrogens (tertiary/aromatic N) is 1. The van der Waals surface area contributed by atoms with E-state index < -0.39 is 11.9 Å². The molecule has 0 saturated carbocycles. The zero-order chi connectivity index (χ0) is 15.8. The Morgan fingerprint density at radius 3 is 1.82 bits per heavy atom. The summed E-state index contributed by atoms with van der Waals surface area (Å²) in [7, 11) is 0. The smallest absolute Gasteiger partial charge is 0.443 e. The molecule has 0 heterocycles. The van der Waals surface area contributed by atoms with Gasteiger partial charge in [-0.3, -0.25) is 0 Å². The lowest BCUT2D eigenvalue weighted by Gasteiger charge is -2.06. The van der Waals surface area contributed by atoms with Crippen LogP contribution in [0.1, 0.15) is 18.1 Å². The van der Waals surface area contributed by atoms with Gasteiger partial charge in [0.2, 0.25) is 0 Å². The van der Waals surface area contributed by atoms with Crippen molar-refractivity contribution in [3.8, 4) is 0 Å². The van der Waals surface area contributed by atoms with Crippen LogP contribution in [-0.2, 0) is 19.2 Å². The minimum Gasteiger partial charge on any atom is -0.458 e. The Morgan fingerprint density at radius 1 is 0.864 bits per heavy atom. The predicted octanol–water partition coefficient (Wildman–Crippen LogP) is 2.55. The maximum Gasteiger partial charge on any atom is 0.443 e. The molecule has 0 aliphatic carbocycles. The highest BCUT2D eigenvalue weighted by Gasteiger charge is 2.18. The molecule has 0 amide bonds. The van der Waals surface area contributed by atoms with E-state index in [1.807, 2.05) is 60.7 Å². The van der Waals surface area contributed by atoms with Crippen molar-refractivity contribution in [2.75, 3.05) is 6.61 Å². The number of hydrogen-bond donors (Lipinski definition) is 0. The lowest BCUT2D eigenvalue weighted by Crippen LogP contribution is -2.19. The van der Waals surface area contributed by atoms with E-state index in [1.54, 1.807) is 6.92 Å². The summed E-state index contributed by atoms with van der Waals surface area (Å²) >= 11 is 0. The third kappa shape index (κ3) is 4.02. The topological polar surface area (TPSA) is 65.0 Å². The molecule has 0 N–H and O–H groups in total. The Hall–Kier alpha value is -2.95. The molecule has 0 saturated heterocycles. The highest BCUT2D eigenvalue weighted by molar-refractivity contribution is 6.29. The number of ether oxygens (including phenoxy) is 1. The van der Waals surface area contributed by atoms with E-state index in [1.165, 1.54) is 0 Å². The van der Waals surface area contributed by atoms with Gasteiger partial charge in [0, 0.05) is 11.1 Å². The summed E-state index contributed by atoms with van der Waals surface area (Å²) in [6.07, 6.45) is 0. The van der Waals surface area contributed by atoms with Crippen LogP contribution in [0.5, 0.6) is 0 Å². The molecule has 2 rings (SSSR count). The van der Waals surface area contributed by atoms with Gasteiger partial charge in [0.15, 0.2) is 0 Å². The number of carbonyl (C=O) groups is 2. The molecule has 0 bridgehead atoms. The Bertz CT molecular complexity index is 624. The summed E-state index contributed by atoms with van der Waals surface area (Å²) < 4.78 is 4.56. The van der Waals surface area contributed by atoms with Crippen LogP contribution in [-0.4, -0.2) is 24.3 Å². The van der Waals surface area contributed by atoms with Crippen LogP contribution in [0.2, 0.25) is 0 Å². The maximum absolute atomic E-state index is 11.5. The van der Waals surface area contributed by atoms with Crippen LogP contribution in [0.25, 0.3) is 0 Å². The molecule has 0 unspecified atom stereocenters. The SMILES string of the molecule is CCOC(=O)C(=O)ON=C(c1ccccc1)c1ccccc1. The molecule has 0 aliphatic heterocycles. The normalized spacial score (nSPS) is 9.68. The molecule has 112 valence electrons. The zero-order valence-electron chi connectivity index (χ0n) is 12.1. The third-order valence-corrected chi connectivity index (χ3v) is 2.76. The summed E-state index contributed by atoms with van der Waals surface area (Å²) in [5.74, 6) is -2.21. The summed E-state index contributed by atoms with van der Waals surface area (Å²) in [4.78, 5) is 27.5. The molecule has 22 heavy (non-hydrogen) atoms. The maximum atomic E-state index is 11.5. The summed E-state index contributed by atoms with van der Waals surface area (Å²) in [5, 5.41) is 3.83. The van der Waals surface area contributed by atoms with E-state index in [4.69, 9.17) is 4.84 Å². The predicted molar refractivity (Wildman–Crippen MR) is 81.2 cm³/mol. The fourth-order valence-corrected chi connectivity index (χ4v) is 1.78. The molecule has 0 aliphatic rings. The van der Waals surface area contributed by atoms with Gasteiger partial charge in [-0.1, -0.05) is 65.8 Å². The van der Waals surface area contributed by atoms with Gasteiger partial charge < -0.3 is 9.57 Å². The van der Waals surface area contributed by atoms with E-state index in [0.717, 1.165) is 11.1 Å². The van der Waals surface area contributed by atoms with Crippen LogP contribution in [0.4, 0.5) is 0 Å². The van der Waals surface area contributed by atoms with Crippen LogP contribution in [0.15, 0.2) is 65.8 Å². The molecule has 2 aromatic rings. The fraction of sp³-hybridized carbons (Fsp3) is 0.118. The number of benzene rings is 2. The average Bonchev–Trinajstić information content (AvgIpc) is 2.57. The Kier molecular flexibility index (Phi) is 5.43. The van der Waals surface area contributed by atoms with E-state index in [9.17, 15) is 9.59 Å². The molecule has 0 atom stereocenters. The van der Waals surface area contributed by atoms with Crippen LogP contribution < -0.4 is 0 Å². The standard InChI is InChI=1S/C17H15NO4/c1-2-21-16(19)17(20)22-18-15(13-9-5-3-6-10-13)14-11-7-4-8-12-14/h3-12H,2H2,1H3. The first-order valence-corrected chi connectivity index (χ1v) is 6.79. The van der Waals surface area contributed by atoms with Crippen LogP contribution >= 0.6 is 0 Å². The summed E-state index contributed by atoms with van der Waals surface area (Å²) in [6.45, 7) is 1.70. The van der Waals surface area contributed by atoms with Gasteiger partial charge in [0.25, 0.3) is 0 Å². The second-order valence-corrected chi connectivity index (χ2v) is 4.27. The largest absolute Gasteiger partial charge is 0.458 e. The van der Waals surface area contributed by atoms with Crippen LogP contribution in [0, 0.1) is 0 Å². The van der Waals surface area contributed by atoms with Gasteiger partial charge in [-0.05, 0) is 6.92 Å². The van der Waals surface area contributed by atoms with Gasteiger partial charge in [0.1, 0.15) is 5.71 Å². The molecule has 5 heteroatoms. The van der Waals surface area contributed by atoms with Crippen molar-refractivity contribution < 1.29 is 19.2 Å². The molecule has 0 spiro atoms. The number of carbonyl (C=O) groups excluding carboxylic acids is 2. The van der Waals surface area contributed by atoms with Gasteiger partial charge in [-0.15, -0.1) is 0 Å². The molecule has 0 aromatic heterocycles. The van der Waals surface area contributed by atoms with E-state index in [-0.39, 0.29) is 6.61 Å². The van der Waals surface area contributed by atoms with Gasteiger partial charge in [-0.2, -0.15) is 0 Å². The number of oxime groups is 1. The van der Waals surface area contributed by atoms with Gasteiger partial charge in [0.05, 0.1) is 6.61 Å². The van der Waals surface area contributed by atoms with E-state index in [0.29, 0.717) is 5.71 Å². The minimum absolute atomic E-state index is 0.0991. The Labute approximate surface area is 128 Å². The lowest BCUT2D eigenvalue weighted by molar-refractivity contribution is -0.167. The molecular weight excluding hydrogens is 282 g/mol. The molecule has 0 radical (unpaired) electrons. The molecular formula is C17H15NO4. The molecule has 5 nitrogen and oxygen atoms in total. The Balaban J connectivity index is 2.28. The third-order valence-electron chi connectivity index (χ3n) is 2.76. The fourth-order valence-electron chi connectivity index (χ4n) is 1.78. The second-order valence-electron chi connectivity index (χ2n) is 4.27. The zero-order valence-corrected chi connectivity index (χ0v) is 12.1. The van der Waals surface area contributed by atoms with Crippen molar-refractivity contribution >= 4 is 17.7 Å². The Morgan fingerprint density at radius 2 is 1.36 bits per heavy atom. The van der Waals surface area contributed by atoms with Crippen molar-refractivity contribution in [3.63, 3.8) is 0 Å². The number of rotatable bonds is 4. The van der Waals surface area contributed by atoms with Crippen molar-refractivity contribution in [1.82, 2.24) is 0 Å². The van der Waals surface area contributed by atoms with Crippen molar-refractivity contribution in [3.05, 3.63) is 71.8 Å². The number of hydrogen-bond acceptors (Lipinski definition) is 5. The van der Waals surface area contributed by atoms with Gasteiger partial charge >= 0.3 is 11.9 Å². The summed E-state index contributed by atoms with van der Waals surface area (Å²) in [5.41, 5.74) is 1.99.